The van der Waals surface area contributed by atoms with Crippen LogP contribution in [0.3, 0.4) is 0 Å². The average molecular weight is 285 g/mol. The molecule has 0 bridgehead atoms. The molecule has 1 aliphatic rings. The molecule has 1 aliphatic heterocycles. The Hall–Kier alpha value is -0.640. The topological polar surface area (TPSA) is 15.3 Å². The molecule has 1 N–H and O–H groups in total. The Morgan fingerprint density at radius 1 is 1.47 bits per heavy atom. The Morgan fingerprint density at radius 2 is 2.32 bits per heavy atom. The summed E-state index contributed by atoms with van der Waals surface area (Å²) in [7, 11) is 0. The molecule has 19 heavy (non-hydrogen) atoms. The standard InChI is InChI=1S/C15H22ClFN2/c1-2-4-14-11-19(8-3-7-18-14)10-12-9-13(16)5-6-15(12)17/h5-6,9,14,18H,2-4,7-8,10-11H2,1H3. The third kappa shape index (κ3) is 4.44. The number of nitrogens with zero attached hydrogens (tertiary/aromatic N) is 1. The maximum absolute atomic E-state index is 13.8. The summed E-state index contributed by atoms with van der Waals surface area (Å²) in [6.07, 6.45) is 3.47. The van der Waals surface area contributed by atoms with E-state index in [4.69, 9.17) is 11.6 Å². The number of hydrogen-bond acceptors (Lipinski definition) is 2. The SMILES string of the molecule is CCCC1CN(Cc2cc(Cl)ccc2F)CCCN1. The first kappa shape index (κ1) is 14.8. The summed E-state index contributed by atoms with van der Waals surface area (Å²) in [6.45, 7) is 5.90. The minimum Gasteiger partial charge on any atom is -0.313 e. The predicted octanol–water partition coefficient (Wildman–Crippen LogP) is 3.44. The molecule has 1 atom stereocenters. The first-order chi connectivity index (χ1) is 9.19. The first-order valence-corrected chi connectivity index (χ1v) is 7.46. The number of hydrogen-bond donors (Lipinski definition) is 1. The van der Waals surface area contributed by atoms with Gasteiger partial charge in [-0.1, -0.05) is 24.9 Å². The molecule has 0 amide bonds. The lowest BCUT2D eigenvalue weighted by Crippen LogP contribution is -2.37. The van der Waals surface area contributed by atoms with Gasteiger partial charge in [-0.15, -0.1) is 0 Å². The predicted molar refractivity (Wildman–Crippen MR) is 78.0 cm³/mol. The van der Waals surface area contributed by atoms with Crippen LogP contribution in [-0.2, 0) is 6.54 Å². The second-order valence-electron chi connectivity index (χ2n) is 5.26. The lowest BCUT2D eigenvalue weighted by Gasteiger charge is -2.24. The summed E-state index contributed by atoms with van der Waals surface area (Å²) in [5, 5.41) is 4.17. The van der Waals surface area contributed by atoms with Gasteiger partial charge in [-0.25, -0.2) is 4.39 Å². The van der Waals surface area contributed by atoms with Crippen LogP contribution in [0.5, 0.6) is 0 Å². The van der Waals surface area contributed by atoms with Gasteiger partial charge in [0, 0.05) is 29.7 Å². The van der Waals surface area contributed by atoms with Gasteiger partial charge in [0.25, 0.3) is 0 Å². The molecular formula is C15H22ClFN2. The van der Waals surface area contributed by atoms with Crippen LogP contribution < -0.4 is 5.32 Å². The molecule has 2 rings (SSSR count). The largest absolute Gasteiger partial charge is 0.313 e. The van der Waals surface area contributed by atoms with Crippen molar-refractivity contribution in [3.8, 4) is 0 Å². The van der Waals surface area contributed by atoms with Gasteiger partial charge in [-0.2, -0.15) is 0 Å². The molecule has 1 saturated heterocycles. The highest BCUT2D eigenvalue weighted by Crippen LogP contribution is 2.18. The molecule has 0 aliphatic carbocycles. The van der Waals surface area contributed by atoms with Gasteiger partial charge in [-0.05, 0) is 44.1 Å². The maximum atomic E-state index is 13.8. The van der Waals surface area contributed by atoms with Crippen LogP contribution in [0.4, 0.5) is 4.39 Å². The normalized spacial score (nSPS) is 21.3. The van der Waals surface area contributed by atoms with Crippen molar-refractivity contribution in [2.24, 2.45) is 0 Å². The molecule has 1 aromatic rings. The number of rotatable bonds is 4. The highest BCUT2D eigenvalue weighted by Gasteiger charge is 2.18. The first-order valence-electron chi connectivity index (χ1n) is 7.08. The lowest BCUT2D eigenvalue weighted by molar-refractivity contribution is 0.251. The summed E-state index contributed by atoms with van der Waals surface area (Å²) in [4.78, 5) is 2.33. The van der Waals surface area contributed by atoms with E-state index in [2.05, 4.69) is 17.1 Å². The van der Waals surface area contributed by atoms with Crippen LogP contribution in [0.25, 0.3) is 0 Å². The van der Waals surface area contributed by atoms with E-state index in [1.165, 1.54) is 18.9 Å². The smallest absolute Gasteiger partial charge is 0.127 e. The fourth-order valence-electron chi connectivity index (χ4n) is 2.67. The van der Waals surface area contributed by atoms with E-state index < -0.39 is 0 Å². The highest BCUT2D eigenvalue weighted by atomic mass is 35.5. The van der Waals surface area contributed by atoms with Gasteiger partial charge in [0.15, 0.2) is 0 Å². The molecule has 0 saturated carbocycles. The molecular weight excluding hydrogens is 263 g/mol. The summed E-state index contributed by atoms with van der Waals surface area (Å²) in [6, 6.07) is 5.32. The Labute approximate surface area is 119 Å². The van der Waals surface area contributed by atoms with Crippen LogP contribution in [-0.4, -0.2) is 30.6 Å². The molecule has 106 valence electrons. The molecule has 1 fully saturated rings. The van der Waals surface area contributed by atoms with E-state index in [0.29, 0.717) is 23.2 Å². The third-order valence-corrected chi connectivity index (χ3v) is 3.84. The van der Waals surface area contributed by atoms with Crippen LogP contribution in [0.15, 0.2) is 18.2 Å². The Balaban J connectivity index is 2.02. The van der Waals surface area contributed by atoms with E-state index in [0.717, 1.165) is 26.1 Å². The van der Waals surface area contributed by atoms with Crippen LogP contribution in [0.2, 0.25) is 5.02 Å². The zero-order valence-corrected chi connectivity index (χ0v) is 12.2. The van der Waals surface area contributed by atoms with Gasteiger partial charge < -0.3 is 5.32 Å². The van der Waals surface area contributed by atoms with Crippen molar-refractivity contribution in [1.82, 2.24) is 10.2 Å². The van der Waals surface area contributed by atoms with Crippen molar-refractivity contribution in [3.05, 3.63) is 34.6 Å². The Morgan fingerprint density at radius 3 is 3.11 bits per heavy atom. The fraction of sp³-hybridized carbons (Fsp3) is 0.600. The molecule has 1 unspecified atom stereocenters. The maximum Gasteiger partial charge on any atom is 0.127 e. The van der Waals surface area contributed by atoms with Crippen LogP contribution in [0, 0.1) is 5.82 Å². The number of nitrogens with one attached hydrogen (secondary N) is 1. The van der Waals surface area contributed by atoms with Crippen LogP contribution >= 0.6 is 11.6 Å². The molecule has 1 heterocycles. The monoisotopic (exact) mass is 284 g/mol. The summed E-state index contributed by atoms with van der Waals surface area (Å²) >= 11 is 5.95. The Kier molecular flexibility index (Phi) is 5.61. The van der Waals surface area contributed by atoms with Crippen molar-refractivity contribution < 1.29 is 4.39 Å². The quantitative estimate of drug-likeness (QED) is 0.911. The second-order valence-corrected chi connectivity index (χ2v) is 5.70. The van der Waals surface area contributed by atoms with Crippen molar-refractivity contribution >= 4 is 11.6 Å². The zero-order chi connectivity index (χ0) is 13.7. The van der Waals surface area contributed by atoms with Gasteiger partial charge in [0.05, 0.1) is 0 Å². The third-order valence-electron chi connectivity index (χ3n) is 3.60. The van der Waals surface area contributed by atoms with Crippen molar-refractivity contribution in [3.63, 3.8) is 0 Å². The van der Waals surface area contributed by atoms with E-state index in [-0.39, 0.29) is 5.82 Å². The van der Waals surface area contributed by atoms with Gasteiger partial charge in [0.1, 0.15) is 5.82 Å². The van der Waals surface area contributed by atoms with Crippen molar-refractivity contribution in [2.75, 3.05) is 19.6 Å². The second kappa shape index (κ2) is 7.22. The van der Waals surface area contributed by atoms with E-state index in [9.17, 15) is 4.39 Å². The number of halogens is 2. The molecule has 0 spiro atoms. The fourth-order valence-corrected chi connectivity index (χ4v) is 2.86. The van der Waals surface area contributed by atoms with E-state index in [1.54, 1.807) is 12.1 Å². The lowest BCUT2D eigenvalue weighted by atomic mass is 10.1. The Bertz CT molecular complexity index is 411. The van der Waals surface area contributed by atoms with Crippen LogP contribution in [0.1, 0.15) is 31.7 Å². The van der Waals surface area contributed by atoms with E-state index in [1.807, 2.05) is 0 Å². The van der Waals surface area contributed by atoms with Crippen molar-refractivity contribution in [2.45, 2.75) is 38.8 Å². The minimum atomic E-state index is -0.159. The zero-order valence-electron chi connectivity index (χ0n) is 11.5. The van der Waals surface area contributed by atoms with Gasteiger partial charge in [0.2, 0.25) is 0 Å². The highest BCUT2D eigenvalue weighted by molar-refractivity contribution is 6.30. The summed E-state index contributed by atoms with van der Waals surface area (Å²) < 4.78 is 13.8. The molecule has 0 aromatic heterocycles. The molecule has 0 radical (unpaired) electrons. The van der Waals surface area contributed by atoms with Gasteiger partial charge >= 0.3 is 0 Å². The molecule has 1 aromatic carbocycles. The average Bonchev–Trinajstić information content (AvgIpc) is 2.60. The summed E-state index contributed by atoms with van der Waals surface area (Å²) in [5.74, 6) is -0.159. The summed E-state index contributed by atoms with van der Waals surface area (Å²) in [5.41, 5.74) is 0.699. The molecule has 2 nitrogen and oxygen atoms in total. The van der Waals surface area contributed by atoms with E-state index >= 15 is 0 Å². The minimum absolute atomic E-state index is 0.159. The van der Waals surface area contributed by atoms with Gasteiger partial charge in [-0.3, -0.25) is 4.90 Å². The van der Waals surface area contributed by atoms with Crippen molar-refractivity contribution in [1.29, 1.82) is 0 Å². The number of benzene rings is 1. The molecule has 4 heteroatoms.